The second-order valence-corrected chi connectivity index (χ2v) is 6.32. The van der Waals surface area contributed by atoms with Gasteiger partial charge in [-0.25, -0.2) is 4.57 Å². The van der Waals surface area contributed by atoms with Crippen molar-refractivity contribution in [1.82, 2.24) is 4.90 Å². The number of nitroso groups, excluding NO2 is 1. The molecule has 6 heteroatoms. The maximum atomic E-state index is 10.2. The van der Waals surface area contributed by atoms with Crippen molar-refractivity contribution < 1.29 is 9.40 Å². The molecule has 6 nitrogen and oxygen atoms in total. The molecule has 0 aliphatic carbocycles. The Kier molecular flexibility index (Phi) is 7.26. The maximum Gasteiger partial charge on any atom is 0.169 e. The molecule has 2 aromatic rings. The minimum absolute atomic E-state index is 0.465. The Labute approximate surface area is 164 Å². The highest BCUT2D eigenvalue weighted by Crippen LogP contribution is 2.09. The fourth-order valence-electron chi connectivity index (χ4n) is 2.69. The third kappa shape index (κ3) is 6.32. The highest BCUT2D eigenvalue weighted by atomic mass is 16.6. The van der Waals surface area contributed by atoms with Crippen LogP contribution in [0.3, 0.4) is 0 Å². The lowest BCUT2D eigenvalue weighted by Crippen LogP contribution is -2.34. The molecule has 0 saturated heterocycles. The number of aromatic nitrogens is 1. The van der Waals surface area contributed by atoms with Crippen LogP contribution < -0.4 is 4.57 Å². The number of pyridine rings is 1. The van der Waals surface area contributed by atoms with Crippen LogP contribution in [0.5, 0.6) is 0 Å². The Morgan fingerprint density at radius 3 is 2.50 bits per heavy atom. The van der Waals surface area contributed by atoms with Crippen LogP contribution in [0, 0.1) is 4.91 Å². The Morgan fingerprint density at radius 2 is 1.79 bits per heavy atom. The van der Waals surface area contributed by atoms with Crippen LogP contribution in [0.4, 0.5) is 0 Å². The number of benzene rings is 1. The first-order chi connectivity index (χ1) is 13.8. The summed E-state index contributed by atoms with van der Waals surface area (Å²) >= 11 is 0. The molecular formula is C22H23N4O2+. The smallest absolute Gasteiger partial charge is 0.169 e. The fraction of sp³-hybridized carbons (Fsp3) is 0.182. The molecule has 3 rings (SSSR count). The molecule has 142 valence electrons. The Morgan fingerprint density at radius 1 is 1.04 bits per heavy atom. The van der Waals surface area contributed by atoms with E-state index in [1.165, 1.54) is 6.20 Å². The molecule has 0 amide bonds. The first-order valence-electron chi connectivity index (χ1n) is 9.17. The van der Waals surface area contributed by atoms with Crippen LogP contribution in [0.2, 0.25) is 0 Å². The van der Waals surface area contributed by atoms with Gasteiger partial charge in [0.15, 0.2) is 12.4 Å². The van der Waals surface area contributed by atoms with Gasteiger partial charge in [0.2, 0.25) is 0 Å². The summed E-state index contributed by atoms with van der Waals surface area (Å²) in [5, 5.41) is 6.80. The van der Waals surface area contributed by atoms with Crippen molar-refractivity contribution in [2.45, 2.75) is 19.6 Å². The van der Waals surface area contributed by atoms with Gasteiger partial charge in [0, 0.05) is 43.1 Å². The number of hydrogen-bond acceptors (Lipinski definition) is 5. The summed E-state index contributed by atoms with van der Waals surface area (Å²) in [5.74, 6) is 0. The van der Waals surface area contributed by atoms with Crippen molar-refractivity contribution >= 4 is 6.21 Å². The predicted molar refractivity (Wildman–Crippen MR) is 109 cm³/mol. The van der Waals surface area contributed by atoms with Gasteiger partial charge in [-0.05, 0) is 28.5 Å². The van der Waals surface area contributed by atoms with Crippen LogP contribution in [0.15, 0.2) is 102 Å². The number of allylic oxidation sites excluding steroid dienone is 3. The van der Waals surface area contributed by atoms with Gasteiger partial charge >= 0.3 is 0 Å². The number of nitrogens with zero attached hydrogens (tertiary/aromatic N) is 4. The Bertz CT molecular complexity index is 855. The zero-order valence-corrected chi connectivity index (χ0v) is 15.6. The monoisotopic (exact) mass is 375 g/mol. The normalized spacial score (nSPS) is 13.1. The lowest BCUT2D eigenvalue weighted by molar-refractivity contribution is -0.697. The van der Waals surface area contributed by atoms with E-state index >= 15 is 0 Å². The number of hydrogen-bond donors (Lipinski definition) is 0. The van der Waals surface area contributed by atoms with Gasteiger partial charge in [-0.1, -0.05) is 35.5 Å². The first kappa shape index (κ1) is 19.2. The van der Waals surface area contributed by atoms with Gasteiger partial charge in [0.1, 0.15) is 13.2 Å². The SMILES string of the molecule is O=NC=C1C=CN(CCC[n+]2ccc(/C=N/OCc3ccccc3)cc2)C=C1. The molecular weight excluding hydrogens is 352 g/mol. The molecule has 28 heavy (non-hydrogen) atoms. The van der Waals surface area contributed by atoms with E-state index < -0.39 is 0 Å². The van der Waals surface area contributed by atoms with Gasteiger partial charge in [-0.3, -0.25) is 0 Å². The molecule has 0 spiro atoms. The number of rotatable bonds is 9. The summed E-state index contributed by atoms with van der Waals surface area (Å²) in [5.41, 5.74) is 2.90. The molecule has 0 fully saturated rings. The van der Waals surface area contributed by atoms with Crippen LogP contribution in [-0.2, 0) is 18.0 Å². The van der Waals surface area contributed by atoms with E-state index in [2.05, 4.69) is 19.8 Å². The molecule has 1 aromatic carbocycles. The van der Waals surface area contributed by atoms with Gasteiger partial charge in [0.25, 0.3) is 0 Å². The average Bonchev–Trinajstić information content (AvgIpc) is 2.74. The van der Waals surface area contributed by atoms with Crippen molar-refractivity contribution in [3.8, 4) is 0 Å². The highest BCUT2D eigenvalue weighted by molar-refractivity contribution is 5.78. The lowest BCUT2D eigenvalue weighted by atomic mass is 10.2. The topological polar surface area (TPSA) is 58.1 Å². The minimum atomic E-state index is 0.465. The van der Waals surface area contributed by atoms with E-state index in [4.69, 9.17) is 4.84 Å². The van der Waals surface area contributed by atoms with Crippen LogP contribution >= 0.6 is 0 Å². The molecule has 0 bridgehead atoms. The van der Waals surface area contributed by atoms with Crippen molar-refractivity contribution in [2.75, 3.05) is 6.54 Å². The van der Waals surface area contributed by atoms with Gasteiger partial charge in [0.05, 0.1) is 12.4 Å². The predicted octanol–water partition coefficient (Wildman–Crippen LogP) is 3.91. The molecule has 1 aliphatic rings. The van der Waals surface area contributed by atoms with Crippen molar-refractivity contribution in [1.29, 1.82) is 0 Å². The van der Waals surface area contributed by atoms with Gasteiger partial charge in [-0.2, -0.15) is 0 Å². The summed E-state index contributed by atoms with van der Waals surface area (Å²) in [6, 6.07) is 14.0. The lowest BCUT2D eigenvalue weighted by Gasteiger charge is -2.17. The third-order valence-corrected chi connectivity index (χ3v) is 4.22. The summed E-state index contributed by atoms with van der Waals surface area (Å²) in [6.07, 6.45) is 15.8. The largest absolute Gasteiger partial charge is 0.391 e. The molecule has 2 heterocycles. The summed E-state index contributed by atoms with van der Waals surface area (Å²) in [6.45, 7) is 2.28. The molecule has 1 aromatic heterocycles. The Balaban J connectivity index is 1.38. The molecule has 0 radical (unpaired) electrons. The van der Waals surface area contributed by atoms with Crippen molar-refractivity contribution in [2.24, 2.45) is 10.3 Å². The maximum absolute atomic E-state index is 10.2. The van der Waals surface area contributed by atoms with Crippen LogP contribution in [0.1, 0.15) is 17.5 Å². The molecule has 0 atom stereocenters. The number of aryl methyl sites for hydroxylation is 1. The van der Waals surface area contributed by atoms with E-state index in [0.717, 1.165) is 36.2 Å². The number of oxime groups is 1. The quantitative estimate of drug-likeness (QED) is 0.289. The highest BCUT2D eigenvalue weighted by Gasteiger charge is 2.04. The van der Waals surface area contributed by atoms with E-state index in [1.54, 1.807) is 6.21 Å². The van der Waals surface area contributed by atoms with Gasteiger partial charge < -0.3 is 9.74 Å². The molecule has 0 unspecified atom stereocenters. The van der Waals surface area contributed by atoms with E-state index in [0.29, 0.717) is 6.61 Å². The molecule has 0 saturated carbocycles. The third-order valence-electron chi connectivity index (χ3n) is 4.22. The fourth-order valence-corrected chi connectivity index (χ4v) is 2.69. The van der Waals surface area contributed by atoms with Crippen molar-refractivity contribution in [3.63, 3.8) is 0 Å². The first-order valence-corrected chi connectivity index (χ1v) is 9.17. The average molecular weight is 375 g/mol. The zero-order chi connectivity index (χ0) is 19.4. The Hall–Kier alpha value is -3.54. The second-order valence-electron chi connectivity index (χ2n) is 6.32. The molecule has 1 aliphatic heterocycles. The standard InChI is InChI=1S/C22H23N4O2/c27-23-17-20-7-13-25(14-8-20)11-4-12-26-15-9-21(10-16-26)18-24-28-19-22-5-2-1-3-6-22/h1-3,5-10,13-18H,4,11-12,19H2/q+1/b24-18+. The molecule has 0 N–H and O–H groups in total. The summed E-state index contributed by atoms with van der Waals surface area (Å²) in [4.78, 5) is 17.6. The zero-order valence-electron chi connectivity index (χ0n) is 15.6. The van der Waals surface area contributed by atoms with E-state index in [9.17, 15) is 4.91 Å². The van der Waals surface area contributed by atoms with E-state index in [1.807, 2.05) is 79.4 Å². The second kappa shape index (κ2) is 10.6. The van der Waals surface area contributed by atoms with Crippen LogP contribution in [0.25, 0.3) is 0 Å². The summed E-state index contributed by atoms with van der Waals surface area (Å²) in [7, 11) is 0. The van der Waals surface area contributed by atoms with Crippen LogP contribution in [-0.4, -0.2) is 17.7 Å². The van der Waals surface area contributed by atoms with E-state index in [-0.39, 0.29) is 0 Å². The van der Waals surface area contributed by atoms with Gasteiger partial charge in [-0.15, -0.1) is 4.91 Å². The summed E-state index contributed by atoms with van der Waals surface area (Å²) < 4.78 is 2.14. The van der Waals surface area contributed by atoms with Crippen molar-refractivity contribution in [3.05, 3.63) is 107 Å². The minimum Gasteiger partial charge on any atom is -0.391 e.